The van der Waals surface area contributed by atoms with Crippen molar-refractivity contribution in [3.8, 4) is 5.75 Å². The number of benzene rings is 1. The number of esters is 1. The van der Waals surface area contributed by atoms with Gasteiger partial charge in [-0.3, -0.25) is 0 Å². The molecule has 0 aliphatic carbocycles. The minimum atomic E-state index is -0.363. The molecule has 27 heavy (non-hydrogen) atoms. The van der Waals surface area contributed by atoms with Crippen LogP contribution < -0.4 is 4.74 Å². The maximum Gasteiger partial charge on any atom is 0.331 e. The van der Waals surface area contributed by atoms with Crippen molar-refractivity contribution < 1.29 is 14.3 Å². The van der Waals surface area contributed by atoms with Gasteiger partial charge in [0.25, 0.3) is 0 Å². The van der Waals surface area contributed by atoms with Crippen molar-refractivity contribution in [3.05, 3.63) is 82.5 Å². The lowest BCUT2D eigenvalue weighted by Gasteiger charge is -2.13. The Morgan fingerprint density at radius 2 is 1.81 bits per heavy atom. The molecule has 0 aromatic heterocycles. The number of allylic oxidation sites excluding steroid dienone is 6. The normalized spacial score (nSPS) is 12.7. The first-order chi connectivity index (χ1) is 12.8. The fourth-order valence-electron chi connectivity index (χ4n) is 2.57. The minimum Gasteiger partial charge on any atom is -0.496 e. The van der Waals surface area contributed by atoms with Crippen LogP contribution >= 0.6 is 0 Å². The van der Waals surface area contributed by atoms with Crippen LogP contribution in [0.15, 0.2) is 60.2 Å². The van der Waals surface area contributed by atoms with Gasteiger partial charge in [0, 0.05) is 6.08 Å². The molecule has 0 bridgehead atoms. The molecule has 3 nitrogen and oxygen atoms in total. The van der Waals surface area contributed by atoms with Crippen molar-refractivity contribution in [2.75, 3.05) is 13.7 Å². The van der Waals surface area contributed by atoms with Gasteiger partial charge in [0.15, 0.2) is 0 Å². The summed E-state index contributed by atoms with van der Waals surface area (Å²) in [6.07, 6.45) is 13.0. The zero-order valence-electron chi connectivity index (χ0n) is 17.3. The Hall–Kier alpha value is -2.81. The Morgan fingerprint density at radius 1 is 1.11 bits per heavy atom. The third kappa shape index (κ3) is 7.14. The fraction of sp³-hybridized carbons (Fsp3) is 0.292. The number of aryl methyl sites for hydroxylation is 1. The predicted molar refractivity (Wildman–Crippen MR) is 114 cm³/mol. The van der Waals surface area contributed by atoms with Crippen LogP contribution in [0.2, 0.25) is 0 Å². The topological polar surface area (TPSA) is 35.5 Å². The Bertz CT molecular complexity index is 805. The van der Waals surface area contributed by atoms with E-state index < -0.39 is 0 Å². The highest BCUT2D eigenvalue weighted by molar-refractivity contribution is 5.83. The molecule has 1 rings (SSSR count). The summed E-state index contributed by atoms with van der Waals surface area (Å²) in [4.78, 5) is 11.5. The smallest absolute Gasteiger partial charge is 0.331 e. The summed E-state index contributed by atoms with van der Waals surface area (Å²) in [5.41, 5.74) is 6.73. The maximum atomic E-state index is 11.5. The Labute approximate surface area is 163 Å². The number of methoxy groups -OCH3 is 1. The van der Waals surface area contributed by atoms with E-state index in [9.17, 15) is 4.79 Å². The first kappa shape index (κ1) is 22.2. The van der Waals surface area contributed by atoms with E-state index in [4.69, 9.17) is 9.47 Å². The molecule has 1 aromatic rings. The summed E-state index contributed by atoms with van der Waals surface area (Å²) < 4.78 is 10.3. The molecule has 0 aliphatic rings. The van der Waals surface area contributed by atoms with E-state index in [0.717, 1.165) is 22.5 Å². The minimum absolute atomic E-state index is 0.222. The van der Waals surface area contributed by atoms with E-state index >= 15 is 0 Å². The van der Waals surface area contributed by atoms with Gasteiger partial charge in [-0.1, -0.05) is 48.6 Å². The van der Waals surface area contributed by atoms with Crippen molar-refractivity contribution in [1.82, 2.24) is 0 Å². The molecule has 0 N–H and O–H groups in total. The average Bonchev–Trinajstić information content (AvgIpc) is 2.62. The Kier molecular flexibility index (Phi) is 9.07. The Morgan fingerprint density at radius 3 is 2.44 bits per heavy atom. The summed E-state index contributed by atoms with van der Waals surface area (Å²) in [6.45, 7) is 13.9. The molecule has 144 valence electrons. The molecule has 0 amide bonds. The van der Waals surface area contributed by atoms with Crippen LogP contribution in [0.3, 0.4) is 0 Å². The average molecular weight is 367 g/mol. The SMILES string of the molecule is C=CCOC(=O)/C=C(C)/C=C/C=C(C)/C=C/c1c(C)cc(OC)c(C)c1C. The summed E-state index contributed by atoms with van der Waals surface area (Å²) in [7, 11) is 1.70. The monoisotopic (exact) mass is 366 g/mol. The molecule has 1 aromatic carbocycles. The lowest BCUT2D eigenvalue weighted by Crippen LogP contribution is -2.00. The summed E-state index contributed by atoms with van der Waals surface area (Å²) in [6, 6.07) is 2.07. The molecular weight excluding hydrogens is 336 g/mol. The van der Waals surface area contributed by atoms with Crippen LogP contribution in [0.5, 0.6) is 5.75 Å². The quantitative estimate of drug-likeness (QED) is 0.252. The van der Waals surface area contributed by atoms with E-state index in [1.165, 1.54) is 22.8 Å². The van der Waals surface area contributed by atoms with Crippen LogP contribution in [0.1, 0.15) is 36.1 Å². The zero-order valence-corrected chi connectivity index (χ0v) is 17.3. The highest BCUT2D eigenvalue weighted by atomic mass is 16.5. The van der Waals surface area contributed by atoms with Gasteiger partial charge in [-0.25, -0.2) is 4.79 Å². The Balaban J connectivity index is 2.85. The van der Waals surface area contributed by atoms with Gasteiger partial charge in [0.05, 0.1) is 7.11 Å². The lowest BCUT2D eigenvalue weighted by atomic mass is 9.96. The molecule has 0 spiro atoms. The molecule has 0 heterocycles. The molecule has 0 fully saturated rings. The second-order valence-corrected chi connectivity index (χ2v) is 6.47. The standard InChI is InChI=1S/C24H30O3/c1-8-14-27-24(25)15-18(3)11-9-10-17(2)12-13-22-19(4)16-23(26-7)21(6)20(22)5/h8-13,15-16H,1,14H2,2-7H3/b11-9+,13-12+,17-10+,18-15+. The molecule has 0 aliphatic heterocycles. The molecule has 0 unspecified atom stereocenters. The van der Waals surface area contributed by atoms with Gasteiger partial charge in [-0.15, -0.1) is 0 Å². The van der Waals surface area contributed by atoms with Gasteiger partial charge < -0.3 is 9.47 Å². The van der Waals surface area contributed by atoms with E-state index in [1.54, 1.807) is 13.2 Å². The third-order valence-corrected chi connectivity index (χ3v) is 4.25. The number of hydrogen-bond donors (Lipinski definition) is 0. The molecule has 0 atom stereocenters. The van der Waals surface area contributed by atoms with Crippen LogP contribution in [-0.4, -0.2) is 19.7 Å². The van der Waals surface area contributed by atoms with E-state index in [-0.39, 0.29) is 12.6 Å². The third-order valence-electron chi connectivity index (χ3n) is 4.25. The van der Waals surface area contributed by atoms with Gasteiger partial charge in [0.1, 0.15) is 12.4 Å². The number of carbonyl (C=O) groups excluding carboxylic acids is 1. The van der Waals surface area contributed by atoms with Crippen molar-refractivity contribution in [2.24, 2.45) is 0 Å². The number of rotatable bonds is 8. The number of hydrogen-bond acceptors (Lipinski definition) is 3. The van der Waals surface area contributed by atoms with Crippen LogP contribution in [0.25, 0.3) is 6.08 Å². The van der Waals surface area contributed by atoms with Crippen LogP contribution in [0.4, 0.5) is 0 Å². The van der Waals surface area contributed by atoms with Crippen molar-refractivity contribution in [1.29, 1.82) is 0 Å². The van der Waals surface area contributed by atoms with E-state index in [0.29, 0.717) is 0 Å². The molecule has 3 heteroatoms. The first-order valence-electron chi connectivity index (χ1n) is 8.94. The highest BCUT2D eigenvalue weighted by Crippen LogP contribution is 2.28. The largest absolute Gasteiger partial charge is 0.496 e. The molecular formula is C24H30O3. The first-order valence-corrected chi connectivity index (χ1v) is 8.94. The highest BCUT2D eigenvalue weighted by Gasteiger charge is 2.08. The second-order valence-electron chi connectivity index (χ2n) is 6.47. The van der Waals surface area contributed by atoms with Crippen LogP contribution in [-0.2, 0) is 9.53 Å². The van der Waals surface area contributed by atoms with Crippen LogP contribution in [0, 0.1) is 20.8 Å². The zero-order chi connectivity index (χ0) is 20.4. The predicted octanol–water partition coefficient (Wildman–Crippen LogP) is 5.81. The molecule has 0 saturated heterocycles. The van der Waals surface area contributed by atoms with Crippen molar-refractivity contribution >= 4 is 12.0 Å². The summed E-state index contributed by atoms with van der Waals surface area (Å²) in [5.74, 6) is 0.560. The maximum absolute atomic E-state index is 11.5. The second kappa shape index (κ2) is 11.0. The molecule has 0 radical (unpaired) electrons. The fourth-order valence-corrected chi connectivity index (χ4v) is 2.57. The van der Waals surface area contributed by atoms with Gasteiger partial charge in [-0.2, -0.15) is 0 Å². The number of carbonyl (C=O) groups is 1. The summed E-state index contributed by atoms with van der Waals surface area (Å²) >= 11 is 0. The van der Waals surface area contributed by atoms with E-state index in [2.05, 4.69) is 45.6 Å². The van der Waals surface area contributed by atoms with Crippen molar-refractivity contribution in [3.63, 3.8) is 0 Å². The summed E-state index contributed by atoms with van der Waals surface area (Å²) in [5, 5.41) is 0. The number of ether oxygens (including phenoxy) is 2. The van der Waals surface area contributed by atoms with Gasteiger partial charge in [-0.05, 0) is 68.5 Å². The van der Waals surface area contributed by atoms with Gasteiger partial charge in [0.2, 0.25) is 0 Å². The lowest BCUT2D eigenvalue weighted by molar-refractivity contribution is -0.136. The van der Waals surface area contributed by atoms with Gasteiger partial charge >= 0.3 is 5.97 Å². The molecule has 0 saturated carbocycles. The van der Waals surface area contributed by atoms with E-state index in [1.807, 2.05) is 32.1 Å². The van der Waals surface area contributed by atoms with Crippen molar-refractivity contribution in [2.45, 2.75) is 34.6 Å².